The first kappa shape index (κ1) is 15.4. The number of ketones is 1. The van der Waals surface area contributed by atoms with Crippen LogP contribution in [-0.4, -0.2) is 28.8 Å². The van der Waals surface area contributed by atoms with Gasteiger partial charge in [0, 0.05) is 19.2 Å². The van der Waals surface area contributed by atoms with Crippen LogP contribution in [0.25, 0.3) is 0 Å². The van der Waals surface area contributed by atoms with Crippen LogP contribution in [0, 0.1) is 0 Å². The van der Waals surface area contributed by atoms with Crippen molar-refractivity contribution in [2.24, 2.45) is 0 Å². The molecule has 0 saturated carbocycles. The second-order valence-corrected chi connectivity index (χ2v) is 3.58. The van der Waals surface area contributed by atoms with Gasteiger partial charge in [-0.15, -0.1) is 0 Å². The van der Waals surface area contributed by atoms with Gasteiger partial charge in [-0.05, 0) is 26.0 Å². The van der Waals surface area contributed by atoms with Crippen molar-refractivity contribution in [2.75, 3.05) is 0 Å². The summed E-state index contributed by atoms with van der Waals surface area (Å²) < 4.78 is 35.4. The second kappa shape index (κ2) is 6.22. The van der Waals surface area contributed by atoms with Gasteiger partial charge >= 0.3 is 6.18 Å². The van der Waals surface area contributed by atoms with Crippen molar-refractivity contribution in [3.05, 3.63) is 24.4 Å². The molecular formula is C11H14F3NO2. The van der Waals surface area contributed by atoms with E-state index in [9.17, 15) is 22.8 Å². The lowest BCUT2D eigenvalue weighted by Crippen LogP contribution is -2.29. The molecule has 0 aliphatic rings. The number of allylic oxidation sites excluding steroid dienone is 3. The fourth-order valence-corrected chi connectivity index (χ4v) is 1.02. The number of carbonyl (C=O) groups excluding carboxylic acids is 2. The Labute approximate surface area is 97.6 Å². The van der Waals surface area contributed by atoms with Crippen LogP contribution in [0.2, 0.25) is 0 Å². The molecule has 0 rings (SSSR count). The summed E-state index contributed by atoms with van der Waals surface area (Å²) in [7, 11) is 0. The number of alkyl halides is 3. The van der Waals surface area contributed by atoms with Crippen LogP contribution in [0.1, 0.15) is 20.8 Å². The summed E-state index contributed by atoms with van der Waals surface area (Å²) in [6.45, 7) is 4.86. The van der Waals surface area contributed by atoms with E-state index >= 15 is 0 Å². The molecule has 0 atom stereocenters. The van der Waals surface area contributed by atoms with E-state index in [0.717, 1.165) is 6.08 Å². The zero-order valence-corrected chi connectivity index (χ0v) is 9.78. The van der Waals surface area contributed by atoms with E-state index in [4.69, 9.17) is 0 Å². The zero-order chi connectivity index (χ0) is 13.6. The van der Waals surface area contributed by atoms with Crippen LogP contribution in [0.15, 0.2) is 24.4 Å². The maximum Gasteiger partial charge on any atom is 0.454 e. The smallest absolute Gasteiger partial charge is 0.317 e. The Hall–Kier alpha value is -1.59. The predicted octanol–water partition coefficient (Wildman–Crippen LogP) is 2.44. The van der Waals surface area contributed by atoms with Crippen LogP contribution >= 0.6 is 0 Å². The third-order valence-electron chi connectivity index (χ3n) is 1.80. The van der Waals surface area contributed by atoms with Crippen LogP contribution in [-0.2, 0) is 9.59 Å². The number of carbonyl (C=O) groups is 2. The highest BCUT2D eigenvalue weighted by molar-refractivity contribution is 5.94. The fourth-order valence-electron chi connectivity index (χ4n) is 1.02. The lowest BCUT2D eigenvalue weighted by molar-refractivity contribution is -0.165. The molecule has 0 aliphatic heterocycles. The summed E-state index contributed by atoms with van der Waals surface area (Å²) in [6, 6.07) is -0.101. The van der Waals surface area contributed by atoms with Crippen molar-refractivity contribution in [1.82, 2.24) is 4.90 Å². The number of rotatable bonds is 4. The van der Waals surface area contributed by atoms with E-state index < -0.39 is 12.0 Å². The average molecular weight is 249 g/mol. The molecule has 96 valence electrons. The van der Waals surface area contributed by atoms with Crippen molar-refractivity contribution >= 4 is 11.7 Å². The molecule has 0 fully saturated rings. The van der Waals surface area contributed by atoms with Crippen molar-refractivity contribution in [2.45, 2.75) is 33.0 Å². The summed E-state index contributed by atoms with van der Waals surface area (Å²) in [5, 5.41) is 0. The Balaban J connectivity index is 4.50. The SMILES string of the molecule is CC(=O)N(/C=C/C=C/C(=O)C(F)(F)F)C(C)C. The van der Waals surface area contributed by atoms with Gasteiger partial charge in [-0.1, -0.05) is 6.08 Å². The quantitative estimate of drug-likeness (QED) is 0.567. The summed E-state index contributed by atoms with van der Waals surface area (Å²) in [6.07, 6.45) is -0.954. The minimum atomic E-state index is -4.86. The number of hydrogen-bond donors (Lipinski definition) is 0. The van der Waals surface area contributed by atoms with E-state index in [2.05, 4.69) is 0 Å². The minimum absolute atomic E-state index is 0.101. The van der Waals surface area contributed by atoms with Crippen LogP contribution in [0.4, 0.5) is 13.2 Å². The largest absolute Gasteiger partial charge is 0.454 e. The van der Waals surface area contributed by atoms with Crippen molar-refractivity contribution < 1.29 is 22.8 Å². The van der Waals surface area contributed by atoms with Gasteiger partial charge in [-0.25, -0.2) is 0 Å². The standard InChI is InChI=1S/C11H14F3NO2/c1-8(2)15(9(3)16)7-5-4-6-10(17)11(12,13)14/h4-8H,1-3H3/b6-4+,7-5+. The molecule has 0 aliphatic carbocycles. The monoisotopic (exact) mass is 249 g/mol. The first-order chi connectivity index (χ1) is 7.66. The molecule has 6 heteroatoms. The first-order valence-electron chi connectivity index (χ1n) is 4.91. The van der Waals surface area contributed by atoms with Gasteiger partial charge in [0.05, 0.1) is 0 Å². The lowest BCUT2D eigenvalue weighted by Gasteiger charge is -2.20. The zero-order valence-electron chi connectivity index (χ0n) is 9.78. The highest BCUT2D eigenvalue weighted by atomic mass is 19.4. The van der Waals surface area contributed by atoms with Gasteiger partial charge in [-0.2, -0.15) is 13.2 Å². The van der Waals surface area contributed by atoms with E-state index in [-0.39, 0.29) is 11.9 Å². The molecule has 0 heterocycles. The highest BCUT2D eigenvalue weighted by Gasteiger charge is 2.35. The number of halogens is 3. The van der Waals surface area contributed by atoms with E-state index in [1.54, 1.807) is 13.8 Å². The van der Waals surface area contributed by atoms with Gasteiger partial charge < -0.3 is 4.90 Å². The van der Waals surface area contributed by atoms with E-state index in [1.165, 1.54) is 24.1 Å². The molecule has 0 spiro atoms. The number of hydrogen-bond acceptors (Lipinski definition) is 2. The maximum absolute atomic E-state index is 11.8. The molecule has 0 unspecified atom stereocenters. The van der Waals surface area contributed by atoms with Gasteiger partial charge in [-0.3, -0.25) is 9.59 Å². The molecular weight excluding hydrogens is 235 g/mol. The molecule has 17 heavy (non-hydrogen) atoms. The van der Waals surface area contributed by atoms with E-state index in [0.29, 0.717) is 6.08 Å². The Morgan fingerprint density at radius 3 is 2.06 bits per heavy atom. The number of nitrogens with zero attached hydrogens (tertiary/aromatic N) is 1. The highest BCUT2D eigenvalue weighted by Crippen LogP contribution is 2.16. The lowest BCUT2D eigenvalue weighted by atomic mass is 10.3. The summed E-state index contributed by atoms with van der Waals surface area (Å²) in [5.74, 6) is -2.16. The molecule has 1 amide bonds. The van der Waals surface area contributed by atoms with Gasteiger partial charge in [0.2, 0.25) is 5.91 Å². The average Bonchev–Trinajstić information content (AvgIpc) is 2.14. The van der Waals surface area contributed by atoms with Crippen molar-refractivity contribution in [3.8, 4) is 0 Å². The molecule has 0 bridgehead atoms. The Bertz CT molecular complexity index is 343. The van der Waals surface area contributed by atoms with Crippen molar-refractivity contribution in [3.63, 3.8) is 0 Å². The molecule has 0 N–H and O–H groups in total. The third-order valence-corrected chi connectivity index (χ3v) is 1.80. The van der Waals surface area contributed by atoms with Gasteiger partial charge in [0.1, 0.15) is 0 Å². The van der Waals surface area contributed by atoms with Gasteiger partial charge in [0.15, 0.2) is 0 Å². The molecule has 0 aromatic carbocycles. The summed E-state index contributed by atoms with van der Waals surface area (Å²) in [5.41, 5.74) is 0. The molecule has 3 nitrogen and oxygen atoms in total. The summed E-state index contributed by atoms with van der Waals surface area (Å²) >= 11 is 0. The van der Waals surface area contributed by atoms with Gasteiger partial charge in [0.25, 0.3) is 5.78 Å². The van der Waals surface area contributed by atoms with Crippen molar-refractivity contribution in [1.29, 1.82) is 0 Å². The Kier molecular flexibility index (Phi) is 5.64. The molecule has 0 saturated heterocycles. The molecule has 0 aromatic rings. The summed E-state index contributed by atoms with van der Waals surface area (Å²) in [4.78, 5) is 22.9. The third kappa shape index (κ3) is 5.89. The predicted molar refractivity (Wildman–Crippen MR) is 57.0 cm³/mol. The normalized spacial score (nSPS) is 12.6. The molecule has 0 radical (unpaired) electrons. The first-order valence-corrected chi connectivity index (χ1v) is 4.91. The maximum atomic E-state index is 11.8. The topological polar surface area (TPSA) is 37.4 Å². The van der Waals surface area contributed by atoms with Crippen LogP contribution in [0.3, 0.4) is 0 Å². The van der Waals surface area contributed by atoms with E-state index in [1.807, 2.05) is 0 Å². The van der Waals surface area contributed by atoms with Crippen LogP contribution < -0.4 is 0 Å². The molecule has 0 aromatic heterocycles. The van der Waals surface area contributed by atoms with Crippen LogP contribution in [0.5, 0.6) is 0 Å². The number of amides is 1. The second-order valence-electron chi connectivity index (χ2n) is 3.58. The Morgan fingerprint density at radius 1 is 1.18 bits per heavy atom. The Morgan fingerprint density at radius 2 is 1.71 bits per heavy atom. The minimum Gasteiger partial charge on any atom is -0.317 e. The fraction of sp³-hybridized carbons (Fsp3) is 0.455.